The van der Waals surface area contributed by atoms with Crippen molar-refractivity contribution >= 4 is 23.1 Å². The molecule has 3 N–H and O–H groups in total. The second-order valence-electron chi connectivity index (χ2n) is 7.87. The second-order valence-corrected chi connectivity index (χ2v) is 7.87. The normalized spacial score (nSPS) is 11.8. The lowest BCUT2D eigenvalue weighted by Gasteiger charge is -2.24. The molecule has 0 saturated carbocycles. The Labute approximate surface area is 200 Å². The highest BCUT2D eigenvalue weighted by Crippen LogP contribution is 2.27. The van der Waals surface area contributed by atoms with Crippen LogP contribution in [0.1, 0.15) is 63.3 Å². The van der Waals surface area contributed by atoms with Crippen molar-refractivity contribution in [2.45, 2.75) is 54.0 Å². The summed E-state index contributed by atoms with van der Waals surface area (Å²) < 4.78 is 0. The summed E-state index contributed by atoms with van der Waals surface area (Å²) in [6, 6.07) is 21.6. The lowest BCUT2D eigenvalue weighted by molar-refractivity contribution is 0.875. The van der Waals surface area contributed by atoms with Crippen LogP contribution in [-0.4, -0.2) is 14.1 Å². The van der Waals surface area contributed by atoms with Gasteiger partial charge in [-0.05, 0) is 52.9 Å². The minimum Gasteiger partial charge on any atom is -0.398 e. The van der Waals surface area contributed by atoms with Crippen LogP contribution < -0.4 is 26.4 Å². The molecule has 0 unspecified atom stereocenters. The quantitative estimate of drug-likeness (QED) is 0.517. The Hall–Kier alpha value is -3.20. The summed E-state index contributed by atoms with van der Waals surface area (Å²) in [7, 11) is 4.18. The van der Waals surface area contributed by atoms with Crippen molar-refractivity contribution < 1.29 is 0 Å². The molecule has 1 aliphatic rings. The standard InChI is InChI=1S/C26H29N3.2C2H6/c1-4-7-18-10-12-23-20(14-18)15-21-16-22(29(2)3)11-13-24(21)26(23)28-17-19-8-5-6-9-25(19)27;2*1-2/h5-14,16,28H,4,15,17,27H2,1-3H3;2*1-2H3/b18-7-;;. The molecule has 0 radical (unpaired) electrons. The summed E-state index contributed by atoms with van der Waals surface area (Å²) in [5.74, 6) is 0. The monoisotopic (exact) mass is 443 g/mol. The van der Waals surface area contributed by atoms with Gasteiger partial charge in [-0.15, -0.1) is 0 Å². The van der Waals surface area contributed by atoms with Gasteiger partial charge in [0, 0.05) is 48.5 Å². The molecule has 0 amide bonds. The predicted octanol–water partition coefficient (Wildman–Crippen LogP) is 5.43. The van der Waals surface area contributed by atoms with Crippen molar-refractivity contribution in [3.8, 4) is 0 Å². The number of fused-ring (bicyclic) bond motifs is 2. The van der Waals surface area contributed by atoms with Gasteiger partial charge < -0.3 is 16.0 Å². The van der Waals surface area contributed by atoms with Crippen molar-refractivity contribution in [3.05, 3.63) is 93.4 Å². The molecular weight excluding hydrogens is 402 g/mol. The van der Waals surface area contributed by atoms with E-state index >= 15 is 0 Å². The minimum absolute atomic E-state index is 0.707. The molecule has 0 atom stereocenters. The molecule has 3 aromatic rings. The Kier molecular flexibility index (Phi) is 10.1. The topological polar surface area (TPSA) is 41.3 Å². The van der Waals surface area contributed by atoms with Crippen LogP contribution in [0.4, 0.5) is 11.4 Å². The first-order chi connectivity index (χ1) is 16.1. The Morgan fingerprint density at radius 2 is 1.64 bits per heavy atom. The van der Waals surface area contributed by atoms with E-state index in [9.17, 15) is 0 Å². The Morgan fingerprint density at radius 1 is 0.909 bits per heavy atom. The third-order valence-electron chi connectivity index (χ3n) is 5.60. The molecule has 176 valence electrons. The first-order valence-electron chi connectivity index (χ1n) is 12.3. The van der Waals surface area contributed by atoms with E-state index in [2.05, 4.69) is 79.8 Å². The van der Waals surface area contributed by atoms with Crippen molar-refractivity contribution in [2.24, 2.45) is 0 Å². The third kappa shape index (κ3) is 6.19. The fourth-order valence-corrected chi connectivity index (χ4v) is 4.03. The van der Waals surface area contributed by atoms with E-state index in [0.29, 0.717) is 6.54 Å². The van der Waals surface area contributed by atoms with Gasteiger partial charge in [0.1, 0.15) is 0 Å². The van der Waals surface area contributed by atoms with Crippen molar-refractivity contribution in [2.75, 3.05) is 24.7 Å². The largest absolute Gasteiger partial charge is 0.398 e. The fourth-order valence-electron chi connectivity index (χ4n) is 4.03. The Morgan fingerprint density at radius 3 is 2.30 bits per heavy atom. The summed E-state index contributed by atoms with van der Waals surface area (Å²) in [4.78, 5) is 2.16. The number of nitrogen functional groups attached to an aromatic ring is 1. The molecule has 0 aliphatic heterocycles. The van der Waals surface area contributed by atoms with Crippen LogP contribution in [-0.2, 0) is 13.0 Å². The van der Waals surface area contributed by atoms with Crippen LogP contribution in [0.3, 0.4) is 0 Å². The summed E-state index contributed by atoms with van der Waals surface area (Å²) in [6.07, 6.45) is 4.28. The molecule has 0 spiro atoms. The zero-order valence-electron chi connectivity index (χ0n) is 21.5. The van der Waals surface area contributed by atoms with Gasteiger partial charge in [-0.2, -0.15) is 0 Å². The Balaban J connectivity index is 0.000000914. The molecule has 0 fully saturated rings. The van der Waals surface area contributed by atoms with Gasteiger partial charge in [0.15, 0.2) is 0 Å². The zero-order chi connectivity index (χ0) is 24.4. The van der Waals surface area contributed by atoms with E-state index in [4.69, 9.17) is 5.73 Å². The van der Waals surface area contributed by atoms with Crippen LogP contribution in [0.2, 0.25) is 0 Å². The highest BCUT2D eigenvalue weighted by molar-refractivity contribution is 5.73. The highest BCUT2D eigenvalue weighted by Gasteiger charge is 2.18. The van der Waals surface area contributed by atoms with Gasteiger partial charge in [-0.1, -0.05) is 83.2 Å². The molecule has 3 heteroatoms. The number of hydrogen-bond donors (Lipinski definition) is 2. The van der Waals surface area contributed by atoms with Crippen molar-refractivity contribution in [1.29, 1.82) is 0 Å². The first-order valence-corrected chi connectivity index (χ1v) is 12.3. The smallest absolute Gasteiger partial charge is 0.0495 e. The van der Waals surface area contributed by atoms with Crippen molar-refractivity contribution in [1.82, 2.24) is 5.32 Å². The van der Waals surface area contributed by atoms with Crippen LogP contribution in [0.25, 0.3) is 11.8 Å². The predicted molar refractivity (Wildman–Crippen MR) is 147 cm³/mol. The maximum absolute atomic E-state index is 6.17. The average Bonchev–Trinajstić information content (AvgIpc) is 2.85. The minimum atomic E-state index is 0.707. The van der Waals surface area contributed by atoms with Crippen LogP contribution in [0.5, 0.6) is 0 Å². The van der Waals surface area contributed by atoms with Gasteiger partial charge in [0.25, 0.3) is 0 Å². The molecule has 3 nitrogen and oxygen atoms in total. The van der Waals surface area contributed by atoms with E-state index in [1.54, 1.807) is 0 Å². The summed E-state index contributed by atoms with van der Waals surface area (Å²) in [5.41, 5.74) is 14.6. The maximum atomic E-state index is 6.17. The van der Waals surface area contributed by atoms with Crippen LogP contribution in [0, 0.1) is 0 Å². The molecular formula is C30H41N3. The number of nitrogens with two attached hydrogens (primary N) is 1. The zero-order valence-corrected chi connectivity index (χ0v) is 21.5. The van der Waals surface area contributed by atoms with Gasteiger partial charge in [0.05, 0.1) is 0 Å². The molecule has 1 aliphatic carbocycles. The van der Waals surface area contributed by atoms with E-state index in [1.807, 2.05) is 45.9 Å². The summed E-state index contributed by atoms with van der Waals surface area (Å²) in [5, 5.41) is 6.29. The van der Waals surface area contributed by atoms with E-state index in [1.165, 1.54) is 38.5 Å². The highest BCUT2D eigenvalue weighted by atomic mass is 15.1. The number of para-hydroxylation sites is 1. The lowest BCUT2D eigenvalue weighted by atomic mass is 9.89. The fraction of sp³-hybridized carbons (Fsp3) is 0.333. The molecule has 33 heavy (non-hydrogen) atoms. The number of hydrogen-bond acceptors (Lipinski definition) is 3. The maximum Gasteiger partial charge on any atom is 0.0495 e. The number of nitrogens with zero attached hydrogens (tertiary/aromatic N) is 1. The lowest BCUT2D eigenvalue weighted by Crippen LogP contribution is -2.30. The molecule has 0 bridgehead atoms. The molecule has 0 heterocycles. The SMILES string of the molecule is CC.CC.CC/C=c1/ccc2c(c1)Cc1cc(N(C)C)ccc1C=2NCc1ccccc1N. The van der Waals surface area contributed by atoms with E-state index in [0.717, 1.165) is 24.1 Å². The van der Waals surface area contributed by atoms with E-state index in [-0.39, 0.29) is 0 Å². The van der Waals surface area contributed by atoms with Crippen molar-refractivity contribution in [3.63, 3.8) is 0 Å². The number of nitrogens with one attached hydrogen (secondary N) is 1. The Bertz CT molecular complexity index is 1160. The molecule has 0 saturated heterocycles. The first kappa shape index (κ1) is 26.1. The summed E-state index contributed by atoms with van der Waals surface area (Å²) >= 11 is 0. The number of anilines is 2. The van der Waals surface area contributed by atoms with Gasteiger partial charge >= 0.3 is 0 Å². The van der Waals surface area contributed by atoms with Gasteiger partial charge in [-0.3, -0.25) is 0 Å². The van der Waals surface area contributed by atoms with Gasteiger partial charge in [-0.25, -0.2) is 0 Å². The van der Waals surface area contributed by atoms with Gasteiger partial charge in [0.2, 0.25) is 0 Å². The second kappa shape index (κ2) is 12.7. The summed E-state index contributed by atoms with van der Waals surface area (Å²) in [6.45, 7) is 10.9. The van der Waals surface area contributed by atoms with Crippen LogP contribution >= 0.6 is 0 Å². The number of rotatable bonds is 5. The number of benzene rings is 3. The third-order valence-corrected chi connectivity index (χ3v) is 5.60. The molecule has 4 rings (SSSR count). The van der Waals surface area contributed by atoms with Crippen LogP contribution in [0.15, 0.2) is 60.7 Å². The van der Waals surface area contributed by atoms with E-state index < -0.39 is 0 Å². The molecule has 3 aromatic carbocycles. The average molecular weight is 444 g/mol. The molecule has 0 aromatic heterocycles.